The molecule has 0 saturated heterocycles. The van der Waals surface area contributed by atoms with Crippen molar-refractivity contribution in [3.05, 3.63) is 0 Å². The lowest BCUT2D eigenvalue weighted by atomic mass is 10.0. The normalized spacial score (nSPS) is 22.2. The maximum absolute atomic E-state index is 9.78. The van der Waals surface area contributed by atoms with Gasteiger partial charge in [-0.25, -0.2) is 0 Å². The van der Waals surface area contributed by atoms with Crippen LogP contribution in [0.3, 0.4) is 0 Å². The third kappa shape index (κ3) is 5.00. The number of halogens is 1. The first-order valence-corrected chi connectivity index (χ1v) is 6.86. The largest absolute Gasteiger partial charge is 0.408 e. The second-order valence-corrected chi connectivity index (χ2v) is 6.16. The Morgan fingerprint density at radius 2 is 1.93 bits per heavy atom. The van der Waals surface area contributed by atoms with E-state index in [0.29, 0.717) is 0 Å². The molecular formula is C10H22AlClNO. The van der Waals surface area contributed by atoms with E-state index in [2.05, 4.69) is 0 Å². The third-order valence-electron chi connectivity index (χ3n) is 3.03. The van der Waals surface area contributed by atoms with Gasteiger partial charge in [-0.1, -0.05) is 43.8 Å². The van der Waals surface area contributed by atoms with Crippen LogP contribution < -0.4 is 5.73 Å². The number of rotatable bonds is 4. The van der Waals surface area contributed by atoms with Crippen LogP contribution in [0.25, 0.3) is 0 Å². The van der Waals surface area contributed by atoms with E-state index >= 15 is 0 Å². The summed E-state index contributed by atoms with van der Waals surface area (Å²) in [6.45, 7) is 2.05. The van der Waals surface area contributed by atoms with Crippen molar-refractivity contribution < 1.29 is 5.11 Å². The number of aliphatic hydroxyl groups is 1. The van der Waals surface area contributed by atoms with Gasteiger partial charge in [0.05, 0.1) is 0 Å². The molecule has 1 saturated carbocycles. The highest BCUT2D eigenvalue weighted by molar-refractivity contribution is 6.39. The van der Waals surface area contributed by atoms with Gasteiger partial charge in [-0.2, -0.15) is 0 Å². The number of nitrogens with two attached hydrogens (primary N) is 1. The van der Waals surface area contributed by atoms with E-state index in [-0.39, 0.29) is 38.6 Å². The van der Waals surface area contributed by atoms with Crippen molar-refractivity contribution in [1.29, 1.82) is 0 Å². The summed E-state index contributed by atoms with van der Waals surface area (Å²) in [6, 6.07) is 0.0249. The van der Waals surface area contributed by atoms with E-state index in [9.17, 15) is 5.11 Å². The van der Waals surface area contributed by atoms with Gasteiger partial charge in [0.25, 0.3) is 15.2 Å². The molecule has 0 aliphatic heterocycles. The fraction of sp³-hybridized carbons (Fsp3) is 1.00. The summed E-state index contributed by atoms with van der Waals surface area (Å²) < 4.78 is 0.821. The van der Waals surface area contributed by atoms with Crippen LogP contribution in [-0.2, 0) is 0 Å². The van der Waals surface area contributed by atoms with Gasteiger partial charge in [0, 0.05) is 11.0 Å². The summed E-state index contributed by atoms with van der Waals surface area (Å²) in [5.74, 6) is 0. The molecule has 0 aromatic carbocycles. The molecule has 2 unspecified atom stereocenters. The van der Waals surface area contributed by atoms with Gasteiger partial charge >= 0.3 is 0 Å². The highest BCUT2D eigenvalue weighted by Gasteiger charge is 2.22. The first-order valence-electron chi connectivity index (χ1n) is 5.52. The van der Waals surface area contributed by atoms with E-state index in [4.69, 9.17) is 5.73 Å². The Kier molecular flexibility index (Phi) is 8.38. The van der Waals surface area contributed by atoms with Crippen LogP contribution in [0.5, 0.6) is 0 Å². The summed E-state index contributed by atoms with van der Waals surface area (Å²) in [5.41, 5.74) is 5.80. The van der Waals surface area contributed by atoms with E-state index in [0.717, 1.165) is 11.2 Å². The van der Waals surface area contributed by atoms with Gasteiger partial charge in [0.2, 0.25) is 0 Å². The van der Waals surface area contributed by atoms with Gasteiger partial charge in [-0.15, -0.1) is 12.4 Å². The molecule has 1 fully saturated rings. The lowest BCUT2D eigenvalue weighted by molar-refractivity contribution is 0.213. The molecule has 1 aliphatic rings. The fourth-order valence-corrected chi connectivity index (χ4v) is 3.96. The molecule has 3 N–H and O–H groups in total. The quantitative estimate of drug-likeness (QED) is 0.731. The number of hydrogen-bond donors (Lipinski definition) is 2. The molecule has 1 rings (SSSR count). The average Bonchev–Trinajstić information content (AvgIpc) is 2.18. The standard InChI is InChI=1S/C6H11.C4H10NO.Al.ClH/c1-2-4-6-5-3-1;1-2-4(5)3-6;;/h1H,2-6H2;3-4,6H,2,5H2,1H3;;1H. The van der Waals surface area contributed by atoms with Crippen molar-refractivity contribution >= 4 is 27.6 Å². The second kappa shape index (κ2) is 7.96. The van der Waals surface area contributed by atoms with Gasteiger partial charge in [0.1, 0.15) is 0 Å². The molecule has 83 valence electrons. The highest BCUT2D eigenvalue weighted by atomic mass is 35.5. The second-order valence-electron chi connectivity index (χ2n) is 4.15. The molecule has 0 bridgehead atoms. The highest BCUT2D eigenvalue weighted by Crippen LogP contribution is 2.28. The van der Waals surface area contributed by atoms with Crippen molar-refractivity contribution in [3.8, 4) is 0 Å². The van der Waals surface area contributed by atoms with Gasteiger partial charge in [-0.05, 0) is 6.42 Å². The van der Waals surface area contributed by atoms with Crippen LogP contribution in [0, 0.1) is 0 Å². The van der Waals surface area contributed by atoms with E-state index in [1.54, 1.807) is 0 Å². The molecule has 2 atom stereocenters. The molecule has 4 heteroatoms. The minimum atomic E-state index is -0.187. The van der Waals surface area contributed by atoms with Crippen LogP contribution in [-0.4, -0.2) is 31.3 Å². The Hall–Kier alpha value is 0.742. The molecule has 0 amide bonds. The van der Waals surface area contributed by atoms with Crippen molar-refractivity contribution in [2.45, 2.75) is 61.2 Å². The average molecular weight is 235 g/mol. The van der Waals surface area contributed by atoms with Gasteiger partial charge in [0.15, 0.2) is 0 Å². The summed E-state index contributed by atoms with van der Waals surface area (Å²) in [5, 5.41) is 9.78. The topological polar surface area (TPSA) is 46.2 Å². The molecule has 1 radical (unpaired) electrons. The first kappa shape index (κ1) is 14.7. The molecule has 1 aliphatic carbocycles. The zero-order chi connectivity index (χ0) is 9.68. The van der Waals surface area contributed by atoms with Gasteiger partial charge in [-0.3, -0.25) is 0 Å². The van der Waals surface area contributed by atoms with Crippen molar-refractivity contribution in [3.63, 3.8) is 0 Å². The van der Waals surface area contributed by atoms with E-state index in [1.165, 1.54) is 32.1 Å². The van der Waals surface area contributed by atoms with Gasteiger partial charge < -0.3 is 10.8 Å². The SMILES string of the molecule is CCC(N)[CH](O)[Al][CH]1CCCCC1.Cl. The Morgan fingerprint density at radius 3 is 2.43 bits per heavy atom. The molecule has 0 aromatic heterocycles. The molecule has 2 nitrogen and oxygen atoms in total. The zero-order valence-corrected chi connectivity index (χ0v) is 11.0. The Bertz CT molecular complexity index is 142. The molecule has 0 spiro atoms. The van der Waals surface area contributed by atoms with Crippen LogP contribution in [0.1, 0.15) is 45.4 Å². The van der Waals surface area contributed by atoms with Crippen molar-refractivity contribution in [2.75, 3.05) is 0 Å². The third-order valence-corrected chi connectivity index (χ3v) is 5.13. The molecule has 0 aromatic rings. The van der Waals surface area contributed by atoms with E-state index < -0.39 is 0 Å². The summed E-state index contributed by atoms with van der Waals surface area (Å²) in [7, 11) is 0. The monoisotopic (exact) mass is 234 g/mol. The maximum atomic E-state index is 9.78. The minimum absolute atomic E-state index is 0. The van der Waals surface area contributed by atoms with Crippen LogP contribution in [0.15, 0.2) is 0 Å². The summed E-state index contributed by atoms with van der Waals surface area (Å²) in [6.07, 6.45) is 7.70. The fourth-order valence-electron chi connectivity index (χ4n) is 1.99. The Balaban J connectivity index is 0.00000169. The summed E-state index contributed by atoms with van der Waals surface area (Å²) in [4.78, 5) is -0.187. The number of aliphatic hydroxyl groups excluding tert-OH is 1. The Morgan fingerprint density at radius 1 is 1.36 bits per heavy atom. The lowest BCUT2D eigenvalue weighted by Gasteiger charge is -2.25. The van der Waals surface area contributed by atoms with Crippen molar-refractivity contribution in [1.82, 2.24) is 0 Å². The minimum Gasteiger partial charge on any atom is -0.408 e. The lowest BCUT2D eigenvalue weighted by Crippen LogP contribution is -2.40. The molecule has 14 heavy (non-hydrogen) atoms. The van der Waals surface area contributed by atoms with Crippen LogP contribution in [0.4, 0.5) is 0 Å². The van der Waals surface area contributed by atoms with Crippen LogP contribution in [0.2, 0.25) is 4.78 Å². The molecular weight excluding hydrogens is 213 g/mol. The smallest absolute Gasteiger partial charge is 0.255 e. The zero-order valence-electron chi connectivity index (χ0n) is 8.98. The van der Waals surface area contributed by atoms with E-state index in [1.807, 2.05) is 6.92 Å². The molecule has 0 heterocycles. The Labute approximate surface area is 99.8 Å². The number of hydrogen-bond acceptors (Lipinski definition) is 2. The predicted octanol–water partition coefficient (Wildman–Crippen LogP) is 1.92. The van der Waals surface area contributed by atoms with Crippen molar-refractivity contribution in [2.24, 2.45) is 5.73 Å². The van der Waals surface area contributed by atoms with Crippen LogP contribution >= 0.6 is 12.4 Å². The first-order chi connectivity index (χ1) is 6.24. The predicted molar refractivity (Wildman–Crippen MR) is 64.1 cm³/mol. The summed E-state index contributed by atoms with van der Waals surface area (Å²) >= 11 is 0.167. The maximum Gasteiger partial charge on any atom is 0.255 e.